The lowest BCUT2D eigenvalue weighted by Gasteiger charge is -2.36. The first kappa shape index (κ1) is 21.9. The normalized spacial score (nSPS) is 19.0. The highest BCUT2D eigenvalue weighted by molar-refractivity contribution is 7.80. The van der Waals surface area contributed by atoms with Gasteiger partial charge in [-0.2, -0.15) is 0 Å². The SMILES string of the molecule is CCC(=S)NCC1COC(=O)N1c1ccc(N2CCN(C(=O)C(C)=O)CC2)c(F)c1. The van der Waals surface area contributed by atoms with E-state index in [-0.39, 0.29) is 12.6 Å². The molecule has 10 heteroatoms. The lowest BCUT2D eigenvalue weighted by molar-refractivity contribution is -0.143. The van der Waals surface area contributed by atoms with Crippen LogP contribution < -0.4 is 15.1 Å². The number of nitrogens with zero attached hydrogens (tertiary/aromatic N) is 3. The van der Waals surface area contributed by atoms with Gasteiger partial charge in [0.15, 0.2) is 0 Å². The molecule has 1 aromatic rings. The average Bonchev–Trinajstić information content (AvgIpc) is 3.11. The summed E-state index contributed by atoms with van der Waals surface area (Å²) in [4.78, 5) is 40.7. The number of thiocarbonyl (C=S) groups is 1. The standard InChI is InChI=1S/C20H25FN4O4S/c1-3-18(30)22-11-15-12-29-20(28)25(15)14-4-5-17(16(21)10-14)23-6-8-24(9-7-23)19(27)13(2)26/h4-5,10,15H,3,6-9,11-12H2,1-2H3,(H,22,30). The van der Waals surface area contributed by atoms with E-state index in [4.69, 9.17) is 17.0 Å². The van der Waals surface area contributed by atoms with E-state index in [1.54, 1.807) is 12.1 Å². The Bertz CT molecular complexity index is 857. The third-order valence-corrected chi connectivity index (χ3v) is 5.67. The van der Waals surface area contributed by atoms with Gasteiger partial charge in [-0.05, 0) is 24.6 Å². The molecule has 0 spiro atoms. The topological polar surface area (TPSA) is 82.2 Å². The largest absolute Gasteiger partial charge is 0.447 e. The quantitative estimate of drug-likeness (QED) is 0.537. The summed E-state index contributed by atoms with van der Waals surface area (Å²) in [6, 6.07) is 4.34. The molecule has 30 heavy (non-hydrogen) atoms. The number of halogens is 1. The number of rotatable bonds is 6. The van der Waals surface area contributed by atoms with Crippen LogP contribution in [0.3, 0.4) is 0 Å². The fourth-order valence-corrected chi connectivity index (χ4v) is 3.64. The Morgan fingerprint density at radius 2 is 1.97 bits per heavy atom. The molecule has 2 heterocycles. The number of amides is 2. The second kappa shape index (κ2) is 9.38. The van der Waals surface area contributed by atoms with Crippen LogP contribution in [0, 0.1) is 5.82 Å². The minimum atomic E-state index is -0.521. The number of carbonyl (C=O) groups is 3. The summed E-state index contributed by atoms with van der Waals surface area (Å²) in [6.45, 7) is 5.35. The lowest BCUT2D eigenvalue weighted by Crippen LogP contribution is -2.50. The summed E-state index contributed by atoms with van der Waals surface area (Å²) in [7, 11) is 0. The third kappa shape index (κ3) is 4.69. The number of hydrogen-bond donors (Lipinski definition) is 1. The molecule has 162 valence electrons. The molecule has 2 saturated heterocycles. The Balaban J connectivity index is 1.69. The van der Waals surface area contributed by atoms with Gasteiger partial charge < -0.3 is 19.9 Å². The number of piperazine rings is 1. The summed E-state index contributed by atoms with van der Waals surface area (Å²) in [5.74, 6) is -1.48. The van der Waals surface area contributed by atoms with Crippen molar-refractivity contribution in [3.63, 3.8) is 0 Å². The molecule has 0 saturated carbocycles. The zero-order chi connectivity index (χ0) is 21.8. The Labute approximate surface area is 179 Å². The monoisotopic (exact) mass is 436 g/mol. The Hall–Kier alpha value is -2.75. The second-order valence-corrected chi connectivity index (χ2v) is 7.72. The van der Waals surface area contributed by atoms with Crippen LogP contribution in [0.4, 0.5) is 20.6 Å². The fourth-order valence-electron chi connectivity index (χ4n) is 3.56. The number of anilines is 2. The van der Waals surface area contributed by atoms with Gasteiger partial charge >= 0.3 is 6.09 Å². The number of ketones is 1. The van der Waals surface area contributed by atoms with E-state index in [0.717, 1.165) is 0 Å². The number of ether oxygens (including phenoxy) is 1. The molecule has 1 aromatic carbocycles. The smallest absolute Gasteiger partial charge is 0.414 e. The van der Waals surface area contributed by atoms with Crippen molar-refractivity contribution in [1.82, 2.24) is 10.2 Å². The molecule has 8 nitrogen and oxygen atoms in total. The van der Waals surface area contributed by atoms with Crippen LogP contribution in [0.5, 0.6) is 0 Å². The first-order valence-corrected chi connectivity index (χ1v) is 10.3. The molecule has 0 radical (unpaired) electrons. The highest BCUT2D eigenvalue weighted by Gasteiger charge is 2.35. The van der Waals surface area contributed by atoms with Crippen molar-refractivity contribution < 1.29 is 23.5 Å². The molecule has 1 unspecified atom stereocenters. The van der Waals surface area contributed by atoms with Crippen LogP contribution in [-0.2, 0) is 14.3 Å². The first-order valence-electron chi connectivity index (χ1n) is 9.88. The molecular weight excluding hydrogens is 411 g/mol. The maximum atomic E-state index is 14.9. The first-order chi connectivity index (χ1) is 14.3. The predicted molar refractivity (Wildman–Crippen MR) is 114 cm³/mol. The molecule has 2 aliphatic rings. The van der Waals surface area contributed by atoms with Crippen LogP contribution in [0.1, 0.15) is 20.3 Å². The molecule has 1 atom stereocenters. The van der Waals surface area contributed by atoms with E-state index in [2.05, 4.69) is 5.32 Å². The molecule has 0 aromatic heterocycles. The third-order valence-electron chi connectivity index (χ3n) is 5.24. The van der Waals surface area contributed by atoms with E-state index in [1.807, 2.05) is 11.8 Å². The van der Waals surface area contributed by atoms with Crippen LogP contribution in [0.25, 0.3) is 0 Å². The number of hydrogen-bond acceptors (Lipinski definition) is 6. The zero-order valence-electron chi connectivity index (χ0n) is 17.0. The predicted octanol–water partition coefficient (Wildman–Crippen LogP) is 1.72. The number of cyclic esters (lactones) is 1. The summed E-state index contributed by atoms with van der Waals surface area (Å²) in [5.41, 5.74) is 0.807. The fraction of sp³-hybridized carbons (Fsp3) is 0.500. The van der Waals surface area contributed by atoms with Gasteiger partial charge in [0.05, 0.1) is 22.4 Å². The van der Waals surface area contributed by atoms with Crippen molar-refractivity contribution in [2.45, 2.75) is 26.3 Å². The number of carbonyl (C=O) groups excluding carboxylic acids is 3. The van der Waals surface area contributed by atoms with Gasteiger partial charge in [0.2, 0.25) is 5.78 Å². The number of nitrogens with one attached hydrogen (secondary N) is 1. The van der Waals surface area contributed by atoms with Crippen LogP contribution in [0.15, 0.2) is 18.2 Å². The highest BCUT2D eigenvalue weighted by Crippen LogP contribution is 2.29. The van der Waals surface area contributed by atoms with Crippen LogP contribution in [-0.4, -0.2) is 73.0 Å². The number of benzene rings is 1. The van der Waals surface area contributed by atoms with E-state index < -0.39 is 23.6 Å². The maximum Gasteiger partial charge on any atom is 0.414 e. The van der Waals surface area contributed by atoms with Gasteiger partial charge in [-0.3, -0.25) is 14.5 Å². The van der Waals surface area contributed by atoms with Crippen LogP contribution >= 0.6 is 12.2 Å². The van der Waals surface area contributed by atoms with Gasteiger partial charge in [0.25, 0.3) is 5.91 Å². The van der Waals surface area contributed by atoms with Crippen molar-refractivity contribution >= 4 is 46.4 Å². The molecule has 3 rings (SSSR count). The van der Waals surface area contributed by atoms with E-state index in [0.29, 0.717) is 55.5 Å². The van der Waals surface area contributed by atoms with Crippen molar-refractivity contribution in [2.75, 3.05) is 49.1 Å². The second-order valence-electron chi connectivity index (χ2n) is 7.23. The van der Waals surface area contributed by atoms with Crippen molar-refractivity contribution in [2.24, 2.45) is 0 Å². The van der Waals surface area contributed by atoms with Crippen LogP contribution in [0.2, 0.25) is 0 Å². The van der Waals surface area contributed by atoms with Gasteiger partial charge in [-0.1, -0.05) is 19.1 Å². The van der Waals surface area contributed by atoms with Crippen molar-refractivity contribution in [1.29, 1.82) is 0 Å². The van der Waals surface area contributed by atoms with Gasteiger partial charge in [0.1, 0.15) is 12.4 Å². The molecule has 2 fully saturated rings. The van der Waals surface area contributed by atoms with Gasteiger partial charge in [-0.25, -0.2) is 9.18 Å². The van der Waals surface area contributed by atoms with Gasteiger partial charge in [-0.15, -0.1) is 0 Å². The molecule has 0 aliphatic carbocycles. The summed E-state index contributed by atoms with van der Waals surface area (Å²) < 4.78 is 20.0. The minimum Gasteiger partial charge on any atom is -0.447 e. The molecule has 2 aliphatic heterocycles. The highest BCUT2D eigenvalue weighted by atomic mass is 32.1. The van der Waals surface area contributed by atoms with Crippen molar-refractivity contribution in [3.8, 4) is 0 Å². The van der Waals surface area contributed by atoms with Crippen molar-refractivity contribution in [3.05, 3.63) is 24.0 Å². The van der Waals surface area contributed by atoms with Gasteiger partial charge in [0, 0.05) is 39.6 Å². The minimum absolute atomic E-state index is 0.202. The average molecular weight is 437 g/mol. The Kier molecular flexibility index (Phi) is 6.86. The Morgan fingerprint density at radius 1 is 1.27 bits per heavy atom. The summed E-state index contributed by atoms with van der Waals surface area (Å²) >= 11 is 5.16. The molecular formula is C20H25FN4O4S. The molecule has 1 N–H and O–H groups in total. The number of Topliss-reactive ketones (excluding diaryl/α,β-unsaturated/α-hetero) is 1. The summed E-state index contributed by atoms with van der Waals surface area (Å²) in [5, 5.41) is 3.09. The van der Waals surface area contributed by atoms with E-state index >= 15 is 0 Å². The molecule has 2 amide bonds. The zero-order valence-corrected chi connectivity index (χ0v) is 17.8. The molecule has 0 bridgehead atoms. The summed E-state index contributed by atoms with van der Waals surface area (Å²) in [6.07, 6.45) is 0.179. The van der Waals surface area contributed by atoms with E-state index in [1.165, 1.54) is 22.8 Å². The lowest BCUT2D eigenvalue weighted by atomic mass is 10.1. The Morgan fingerprint density at radius 3 is 2.57 bits per heavy atom. The maximum absolute atomic E-state index is 14.9. The van der Waals surface area contributed by atoms with E-state index in [9.17, 15) is 18.8 Å².